The zero-order chi connectivity index (χ0) is 24.0. The molecule has 1 aromatic heterocycles. The van der Waals surface area contributed by atoms with E-state index in [0.29, 0.717) is 38.0 Å². The first-order chi connectivity index (χ1) is 15.8. The minimum absolute atomic E-state index is 0.129. The number of carbonyl (C=O) groups excluding carboxylic acids is 2. The third kappa shape index (κ3) is 6.56. The number of benzene rings is 2. The molecule has 3 N–H and O–H groups in total. The van der Waals surface area contributed by atoms with Gasteiger partial charge < -0.3 is 15.4 Å². The average molecular weight is 508 g/mol. The van der Waals surface area contributed by atoms with Crippen LogP contribution >= 0.6 is 34.5 Å². The van der Waals surface area contributed by atoms with Crippen LogP contribution in [0.4, 0.5) is 15.6 Å². The van der Waals surface area contributed by atoms with Gasteiger partial charge in [0.15, 0.2) is 0 Å². The van der Waals surface area contributed by atoms with Gasteiger partial charge in [-0.05, 0) is 36.2 Å². The molecule has 8 nitrogen and oxygen atoms in total. The minimum Gasteiger partial charge on any atom is -0.497 e. The summed E-state index contributed by atoms with van der Waals surface area (Å²) in [7, 11) is 1.59. The molecule has 0 aliphatic rings. The van der Waals surface area contributed by atoms with Crippen LogP contribution in [0.3, 0.4) is 0 Å². The Morgan fingerprint density at radius 3 is 2.58 bits per heavy atom. The summed E-state index contributed by atoms with van der Waals surface area (Å²) in [5.41, 5.74) is 1.28. The molecule has 3 aromatic rings. The predicted octanol–water partition coefficient (Wildman–Crippen LogP) is 5.70. The molecule has 0 fully saturated rings. The molecule has 33 heavy (non-hydrogen) atoms. The molecule has 0 spiro atoms. The lowest BCUT2D eigenvalue weighted by atomic mass is 9.98. The van der Waals surface area contributed by atoms with E-state index in [9.17, 15) is 9.59 Å². The fourth-order valence-electron chi connectivity index (χ4n) is 2.91. The van der Waals surface area contributed by atoms with Crippen molar-refractivity contribution in [3.05, 3.63) is 52.5 Å². The van der Waals surface area contributed by atoms with Gasteiger partial charge in [0.25, 0.3) is 0 Å². The van der Waals surface area contributed by atoms with Crippen LogP contribution in [0.5, 0.6) is 5.75 Å². The second-order valence-corrected chi connectivity index (χ2v) is 9.02. The van der Waals surface area contributed by atoms with E-state index in [4.69, 9.17) is 27.9 Å². The molecule has 3 amide bonds. The lowest BCUT2D eigenvalue weighted by Crippen LogP contribution is -2.49. The molecular weight excluding hydrogens is 485 g/mol. The zero-order valence-corrected chi connectivity index (χ0v) is 20.5. The van der Waals surface area contributed by atoms with Crippen molar-refractivity contribution in [1.82, 2.24) is 15.5 Å². The van der Waals surface area contributed by atoms with Crippen LogP contribution in [0.2, 0.25) is 10.0 Å². The number of hydrogen-bond donors (Lipinski definition) is 3. The van der Waals surface area contributed by atoms with Crippen molar-refractivity contribution in [2.45, 2.75) is 26.3 Å². The Morgan fingerprint density at radius 2 is 1.88 bits per heavy atom. The van der Waals surface area contributed by atoms with Gasteiger partial charge in [-0.1, -0.05) is 66.9 Å². The van der Waals surface area contributed by atoms with Gasteiger partial charge in [-0.15, -0.1) is 10.2 Å². The summed E-state index contributed by atoms with van der Waals surface area (Å²) in [6.45, 7) is 3.82. The van der Waals surface area contributed by atoms with E-state index in [2.05, 4.69) is 26.1 Å². The summed E-state index contributed by atoms with van der Waals surface area (Å²) < 4.78 is 5.24. The highest BCUT2D eigenvalue weighted by Crippen LogP contribution is 2.29. The number of methoxy groups -OCH3 is 1. The Kier molecular flexibility index (Phi) is 8.49. The number of anilines is 2. The van der Waals surface area contributed by atoms with E-state index >= 15 is 0 Å². The predicted molar refractivity (Wildman–Crippen MR) is 132 cm³/mol. The molecule has 3 rings (SSSR count). The summed E-state index contributed by atoms with van der Waals surface area (Å²) in [5.74, 6) is 0.180. The molecule has 0 unspecified atom stereocenters. The summed E-state index contributed by atoms with van der Waals surface area (Å²) in [5, 5.41) is 18.0. The van der Waals surface area contributed by atoms with Gasteiger partial charge in [-0.3, -0.25) is 10.1 Å². The van der Waals surface area contributed by atoms with Crippen molar-refractivity contribution < 1.29 is 14.3 Å². The molecule has 0 bridgehead atoms. The maximum Gasteiger partial charge on any atom is 0.319 e. The Bertz CT molecular complexity index is 1140. The largest absolute Gasteiger partial charge is 0.497 e. The van der Waals surface area contributed by atoms with Crippen molar-refractivity contribution in [1.29, 1.82) is 0 Å². The number of aromatic nitrogens is 2. The van der Waals surface area contributed by atoms with E-state index in [1.165, 1.54) is 17.4 Å². The summed E-state index contributed by atoms with van der Waals surface area (Å²) in [6.07, 6.45) is 0.677. The fraction of sp³-hybridized carbons (Fsp3) is 0.273. The highest BCUT2D eigenvalue weighted by Gasteiger charge is 2.27. The monoisotopic (exact) mass is 507 g/mol. The van der Waals surface area contributed by atoms with Gasteiger partial charge in [0.2, 0.25) is 11.0 Å². The topological polar surface area (TPSA) is 105 Å². The van der Waals surface area contributed by atoms with E-state index in [-0.39, 0.29) is 11.8 Å². The Hall–Kier alpha value is -2.88. The molecular formula is C22H23Cl2N5O3S. The number of nitrogens with one attached hydrogen (secondary N) is 3. The molecule has 0 saturated heterocycles. The molecule has 0 radical (unpaired) electrons. The number of rotatable bonds is 8. The van der Waals surface area contributed by atoms with Gasteiger partial charge in [-0.2, -0.15) is 0 Å². The number of amides is 3. The second-order valence-electron chi connectivity index (χ2n) is 7.22. The number of ether oxygens (including phenoxy) is 1. The molecule has 1 heterocycles. The Balaban J connectivity index is 1.68. The van der Waals surface area contributed by atoms with E-state index in [0.717, 1.165) is 5.56 Å². The number of nitrogens with zero attached hydrogens (tertiary/aromatic N) is 2. The standard InChI is InChI=1S/C22H23Cl2N5O3S/c1-4-12(2)18(26-21(31)25-14-8-9-16(23)17(24)11-14)19(30)27-22-29-28-20(33-22)13-6-5-7-15(10-13)32-3/h5-12,18H,4H2,1-3H3,(H2,25,26,31)(H,27,29,30)/t12-,18+/m1/s1. The number of hydrogen-bond acceptors (Lipinski definition) is 6. The lowest BCUT2D eigenvalue weighted by Gasteiger charge is -2.23. The normalized spacial score (nSPS) is 12.5. The maximum absolute atomic E-state index is 13.0. The van der Waals surface area contributed by atoms with Crippen molar-refractivity contribution in [2.24, 2.45) is 5.92 Å². The number of carbonyl (C=O) groups is 2. The molecule has 0 aliphatic heterocycles. The van der Waals surface area contributed by atoms with Crippen LogP contribution in [0, 0.1) is 5.92 Å². The molecule has 0 aliphatic carbocycles. The van der Waals surface area contributed by atoms with Crippen molar-refractivity contribution in [2.75, 3.05) is 17.7 Å². The van der Waals surface area contributed by atoms with Crippen LogP contribution in [0.1, 0.15) is 20.3 Å². The average Bonchev–Trinajstić information content (AvgIpc) is 3.27. The van der Waals surface area contributed by atoms with Crippen molar-refractivity contribution >= 4 is 57.3 Å². The first-order valence-corrected chi connectivity index (χ1v) is 11.7. The first-order valence-electron chi connectivity index (χ1n) is 10.1. The molecule has 174 valence electrons. The van der Waals surface area contributed by atoms with Gasteiger partial charge in [0.05, 0.1) is 17.2 Å². The third-order valence-electron chi connectivity index (χ3n) is 4.93. The van der Waals surface area contributed by atoms with Crippen molar-refractivity contribution in [3.63, 3.8) is 0 Å². The van der Waals surface area contributed by atoms with Crippen LogP contribution in [0.15, 0.2) is 42.5 Å². The highest BCUT2D eigenvalue weighted by atomic mass is 35.5. The van der Waals surface area contributed by atoms with Crippen LogP contribution < -0.4 is 20.7 Å². The smallest absolute Gasteiger partial charge is 0.319 e. The Labute approximate surface area is 205 Å². The lowest BCUT2D eigenvalue weighted by molar-refractivity contribution is -0.119. The zero-order valence-electron chi connectivity index (χ0n) is 18.2. The summed E-state index contributed by atoms with van der Waals surface area (Å²) in [6, 6.07) is 10.8. The second kappa shape index (κ2) is 11.3. The van der Waals surface area contributed by atoms with Crippen LogP contribution in [-0.2, 0) is 4.79 Å². The van der Waals surface area contributed by atoms with E-state index < -0.39 is 12.1 Å². The Morgan fingerprint density at radius 1 is 1.09 bits per heavy atom. The molecule has 0 saturated carbocycles. The van der Waals surface area contributed by atoms with Crippen LogP contribution in [-0.4, -0.2) is 35.3 Å². The fourth-order valence-corrected chi connectivity index (χ4v) is 3.95. The first kappa shape index (κ1) is 24.8. The van der Waals surface area contributed by atoms with E-state index in [1.807, 2.05) is 38.1 Å². The van der Waals surface area contributed by atoms with Gasteiger partial charge >= 0.3 is 6.03 Å². The minimum atomic E-state index is -0.790. The highest BCUT2D eigenvalue weighted by molar-refractivity contribution is 7.18. The van der Waals surface area contributed by atoms with Crippen LogP contribution in [0.25, 0.3) is 10.6 Å². The number of halogens is 2. The maximum atomic E-state index is 13.0. The summed E-state index contributed by atoms with van der Waals surface area (Å²) >= 11 is 13.1. The molecule has 2 aromatic carbocycles. The van der Waals surface area contributed by atoms with E-state index in [1.54, 1.807) is 19.2 Å². The van der Waals surface area contributed by atoms with Crippen molar-refractivity contribution in [3.8, 4) is 16.3 Å². The summed E-state index contributed by atoms with van der Waals surface area (Å²) in [4.78, 5) is 25.5. The van der Waals surface area contributed by atoms with Gasteiger partial charge in [0.1, 0.15) is 16.8 Å². The third-order valence-corrected chi connectivity index (χ3v) is 6.56. The van der Waals surface area contributed by atoms with Gasteiger partial charge in [-0.25, -0.2) is 4.79 Å². The molecule has 2 atom stereocenters. The SMILES string of the molecule is CC[C@@H](C)[C@H](NC(=O)Nc1ccc(Cl)c(Cl)c1)C(=O)Nc1nnc(-c2cccc(OC)c2)s1. The molecule has 11 heteroatoms. The number of urea groups is 1. The quantitative estimate of drug-likeness (QED) is 0.362. The van der Waals surface area contributed by atoms with Gasteiger partial charge in [0, 0.05) is 11.3 Å².